The first-order chi connectivity index (χ1) is 11.8. The standard InChI is InChI=1S/C15H11BrF2N2O4S/c1-24-9-3-2-8(17)12(13(9)18)15(22)19-5-11(21)20(23)14(19)10-4-7(16)6-25-10/h2-4,6,14,23H,5H2,1H3. The number of hydrogen-bond donors (Lipinski definition) is 1. The van der Waals surface area contributed by atoms with Crippen LogP contribution in [0.2, 0.25) is 0 Å². The Kier molecular flexibility index (Phi) is 4.76. The van der Waals surface area contributed by atoms with Gasteiger partial charge in [-0.3, -0.25) is 14.8 Å². The van der Waals surface area contributed by atoms with Gasteiger partial charge in [-0.15, -0.1) is 11.3 Å². The molecule has 2 amide bonds. The van der Waals surface area contributed by atoms with Crippen molar-refractivity contribution in [1.82, 2.24) is 9.96 Å². The van der Waals surface area contributed by atoms with Gasteiger partial charge in [-0.1, -0.05) is 0 Å². The molecule has 1 aromatic heterocycles. The van der Waals surface area contributed by atoms with E-state index < -0.39 is 41.7 Å². The molecule has 0 bridgehead atoms. The van der Waals surface area contributed by atoms with E-state index in [-0.39, 0.29) is 5.75 Å². The summed E-state index contributed by atoms with van der Waals surface area (Å²) in [6.07, 6.45) is -1.17. The van der Waals surface area contributed by atoms with Crippen LogP contribution >= 0.6 is 27.3 Å². The highest BCUT2D eigenvalue weighted by Crippen LogP contribution is 2.36. The highest BCUT2D eigenvalue weighted by molar-refractivity contribution is 9.10. The second-order valence-corrected chi connectivity index (χ2v) is 7.01. The van der Waals surface area contributed by atoms with Crippen LogP contribution in [0.3, 0.4) is 0 Å². The van der Waals surface area contributed by atoms with Gasteiger partial charge >= 0.3 is 0 Å². The highest BCUT2D eigenvalue weighted by Gasteiger charge is 2.43. The van der Waals surface area contributed by atoms with Gasteiger partial charge in [0.05, 0.1) is 12.0 Å². The number of thiophene rings is 1. The fourth-order valence-corrected chi connectivity index (χ4v) is 4.06. The van der Waals surface area contributed by atoms with Gasteiger partial charge < -0.3 is 9.64 Å². The second kappa shape index (κ2) is 6.70. The molecule has 0 saturated carbocycles. The number of hydrogen-bond acceptors (Lipinski definition) is 5. The van der Waals surface area contributed by atoms with Gasteiger partial charge in [0.2, 0.25) is 0 Å². The summed E-state index contributed by atoms with van der Waals surface area (Å²) in [7, 11) is 1.19. The third kappa shape index (κ3) is 3.00. The zero-order valence-corrected chi connectivity index (χ0v) is 15.1. The van der Waals surface area contributed by atoms with Crippen molar-refractivity contribution < 1.29 is 28.3 Å². The SMILES string of the molecule is COc1ccc(F)c(C(=O)N2CC(=O)N(O)C2c2cc(Br)cs2)c1F. The fraction of sp³-hybridized carbons (Fsp3) is 0.200. The molecule has 0 spiro atoms. The molecule has 1 aliphatic heterocycles. The van der Waals surface area contributed by atoms with E-state index in [2.05, 4.69) is 15.9 Å². The number of ether oxygens (including phenoxy) is 1. The lowest BCUT2D eigenvalue weighted by Gasteiger charge is -2.25. The summed E-state index contributed by atoms with van der Waals surface area (Å²) in [6.45, 7) is -0.508. The lowest BCUT2D eigenvalue weighted by Crippen LogP contribution is -2.35. The number of hydroxylamine groups is 2. The molecule has 132 valence electrons. The zero-order valence-electron chi connectivity index (χ0n) is 12.7. The minimum absolute atomic E-state index is 0.299. The van der Waals surface area contributed by atoms with Gasteiger partial charge in [0.1, 0.15) is 17.9 Å². The Bertz CT molecular complexity index is 860. The quantitative estimate of drug-likeness (QED) is 0.756. The number of carbonyl (C=O) groups excluding carboxylic acids is 2. The normalized spacial score (nSPS) is 17.3. The Morgan fingerprint density at radius 3 is 2.76 bits per heavy atom. The van der Waals surface area contributed by atoms with Gasteiger partial charge in [-0.05, 0) is 34.1 Å². The number of halogens is 3. The summed E-state index contributed by atoms with van der Waals surface area (Å²) in [5.41, 5.74) is -0.844. The molecule has 1 aliphatic rings. The lowest BCUT2D eigenvalue weighted by molar-refractivity contribution is -0.168. The molecule has 1 atom stereocenters. The Morgan fingerprint density at radius 1 is 1.44 bits per heavy atom. The van der Waals surface area contributed by atoms with Crippen molar-refractivity contribution >= 4 is 39.1 Å². The Balaban J connectivity index is 2.05. The molecule has 1 aromatic carbocycles. The number of methoxy groups -OCH3 is 1. The molecular weight excluding hydrogens is 422 g/mol. The molecule has 10 heteroatoms. The summed E-state index contributed by atoms with van der Waals surface area (Å²) < 4.78 is 33.9. The lowest BCUT2D eigenvalue weighted by atomic mass is 10.1. The maximum absolute atomic E-state index is 14.4. The minimum atomic E-state index is -1.17. The molecule has 1 fully saturated rings. The van der Waals surface area contributed by atoms with Crippen LogP contribution in [0, 0.1) is 11.6 Å². The minimum Gasteiger partial charge on any atom is -0.494 e. The second-order valence-electron chi connectivity index (χ2n) is 5.15. The van der Waals surface area contributed by atoms with Gasteiger partial charge in [0.25, 0.3) is 11.8 Å². The molecule has 0 radical (unpaired) electrons. The molecule has 3 rings (SSSR count). The summed E-state index contributed by atoms with van der Waals surface area (Å²) in [4.78, 5) is 26.0. The van der Waals surface area contributed by atoms with E-state index in [4.69, 9.17) is 4.74 Å². The van der Waals surface area contributed by atoms with E-state index in [1.807, 2.05) is 0 Å². The van der Waals surface area contributed by atoms with Crippen LogP contribution in [0.25, 0.3) is 0 Å². The van der Waals surface area contributed by atoms with Crippen LogP contribution in [0.1, 0.15) is 21.4 Å². The smallest absolute Gasteiger partial charge is 0.268 e. The van der Waals surface area contributed by atoms with Crippen molar-refractivity contribution in [3.63, 3.8) is 0 Å². The molecule has 2 heterocycles. The number of carbonyl (C=O) groups is 2. The van der Waals surface area contributed by atoms with E-state index in [1.165, 1.54) is 18.4 Å². The number of amides is 2. The van der Waals surface area contributed by atoms with Crippen molar-refractivity contribution in [3.05, 3.63) is 50.1 Å². The predicted molar refractivity (Wildman–Crippen MR) is 87.3 cm³/mol. The molecule has 2 aromatic rings. The van der Waals surface area contributed by atoms with Crippen LogP contribution in [0.5, 0.6) is 5.75 Å². The first-order valence-corrected chi connectivity index (χ1v) is 8.60. The summed E-state index contributed by atoms with van der Waals surface area (Å²) in [5, 5.41) is 12.1. The van der Waals surface area contributed by atoms with Gasteiger partial charge in [-0.2, -0.15) is 5.06 Å². The van der Waals surface area contributed by atoms with Crippen molar-refractivity contribution in [2.24, 2.45) is 0 Å². The van der Waals surface area contributed by atoms with Crippen molar-refractivity contribution in [2.45, 2.75) is 6.17 Å². The average Bonchev–Trinajstić information content (AvgIpc) is 3.11. The van der Waals surface area contributed by atoms with Crippen LogP contribution < -0.4 is 4.74 Å². The Hall–Kier alpha value is -2.04. The Morgan fingerprint density at radius 2 is 2.16 bits per heavy atom. The van der Waals surface area contributed by atoms with Crippen molar-refractivity contribution in [3.8, 4) is 5.75 Å². The summed E-state index contributed by atoms with van der Waals surface area (Å²) in [5.74, 6) is -4.37. The maximum atomic E-state index is 14.4. The summed E-state index contributed by atoms with van der Waals surface area (Å²) in [6, 6.07) is 3.57. The largest absolute Gasteiger partial charge is 0.494 e. The first kappa shape index (κ1) is 17.8. The van der Waals surface area contributed by atoms with E-state index >= 15 is 0 Å². The number of benzene rings is 1. The Labute approximate surface area is 153 Å². The monoisotopic (exact) mass is 432 g/mol. The van der Waals surface area contributed by atoms with Crippen molar-refractivity contribution in [2.75, 3.05) is 13.7 Å². The third-order valence-corrected chi connectivity index (χ3v) is 5.41. The molecule has 1 N–H and O–H groups in total. The molecule has 25 heavy (non-hydrogen) atoms. The highest BCUT2D eigenvalue weighted by atomic mass is 79.9. The van der Waals surface area contributed by atoms with Crippen molar-refractivity contribution in [1.29, 1.82) is 0 Å². The first-order valence-electron chi connectivity index (χ1n) is 6.93. The molecule has 1 saturated heterocycles. The predicted octanol–water partition coefficient (Wildman–Crippen LogP) is 3.17. The number of rotatable bonds is 3. The zero-order chi connectivity index (χ0) is 18.3. The topological polar surface area (TPSA) is 70.1 Å². The van der Waals surface area contributed by atoms with E-state index in [9.17, 15) is 23.6 Å². The maximum Gasteiger partial charge on any atom is 0.268 e. The van der Waals surface area contributed by atoms with Gasteiger partial charge in [0.15, 0.2) is 17.7 Å². The van der Waals surface area contributed by atoms with E-state index in [1.54, 1.807) is 11.4 Å². The summed E-state index contributed by atoms with van der Waals surface area (Å²) >= 11 is 4.42. The fourth-order valence-electron chi connectivity index (χ4n) is 2.52. The van der Waals surface area contributed by atoms with Crippen LogP contribution in [-0.2, 0) is 4.79 Å². The van der Waals surface area contributed by atoms with Gasteiger partial charge in [-0.25, -0.2) is 8.78 Å². The third-order valence-electron chi connectivity index (χ3n) is 3.68. The van der Waals surface area contributed by atoms with Crippen LogP contribution in [0.4, 0.5) is 8.78 Å². The molecule has 0 aliphatic carbocycles. The van der Waals surface area contributed by atoms with Crippen LogP contribution in [-0.4, -0.2) is 40.6 Å². The molecule has 1 unspecified atom stereocenters. The average molecular weight is 433 g/mol. The molecular formula is C15H11BrF2N2O4S. The van der Waals surface area contributed by atoms with E-state index in [0.717, 1.165) is 17.0 Å². The van der Waals surface area contributed by atoms with Crippen LogP contribution in [0.15, 0.2) is 28.1 Å². The molecule has 6 nitrogen and oxygen atoms in total. The van der Waals surface area contributed by atoms with E-state index in [0.29, 0.717) is 14.4 Å². The number of nitrogens with zero attached hydrogens (tertiary/aromatic N) is 2. The van der Waals surface area contributed by atoms with Gasteiger partial charge in [0, 0.05) is 9.85 Å².